The van der Waals surface area contributed by atoms with Gasteiger partial charge in [-0.3, -0.25) is 4.79 Å². The topological polar surface area (TPSA) is 26.3 Å². The summed E-state index contributed by atoms with van der Waals surface area (Å²) in [6.45, 7) is 0.643. The molecule has 0 aromatic rings. The molecule has 0 unspecified atom stereocenters. The predicted molar refractivity (Wildman–Crippen MR) is 97.7 cm³/mol. The Hall–Kier alpha value is -0.0500. The SMILES string of the molecule is O=C(CC12CC3CC(CC(C3)C1)C2)OCCCCCCCCBr. The van der Waals surface area contributed by atoms with Gasteiger partial charge in [0.2, 0.25) is 0 Å². The molecule has 3 heteroatoms. The zero-order chi connectivity index (χ0) is 16.1. The Balaban J connectivity index is 1.29. The summed E-state index contributed by atoms with van der Waals surface area (Å²) in [6, 6.07) is 0. The fourth-order valence-electron chi connectivity index (χ4n) is 5.95. The number of alkyl halides is 1. The number of unbranched alkanes of at least 4 members (excludes halogenated alkanes) is 5. The molecule has 0 spiro atoms. The second-order valence-electron chi connectivity index (χ2n) is 8.63. The molecule has 4 fully saturated rings. The van der Waals surface area contributed by atoms with Crippen molar-refractivity contribution in [2.45, 2.75) is 83.5 Å². The average molecular weight is 385 g/mol. The first-order valence-electron chi connectivity index (χ1n) is 9.91. The van der Waals surface area contributed by atoms with Crippen LogP contribution in [0.15, 0.2) is 0 Å². The summed E-state index contributed by atoms with van der Waals surface area (Å²) in [5.74, 6) is 2.86. The first kappa shape index (κ1) is 17.8. The van der Waals surface area contributed by atoms with E-state index in [-0.39, 0.29) is 5.97 Å². The lowest BCUT2D eigenvalue weighted by Crippen LogP contribution is -2.47. The largest absolute Gasteiger partial charge is 0.466 e. The van der Waals surface area contributed by atoms with Crippen molar-refractivity contribution in [1.82, 2.24) is 0 Å². The molecule has 2 nitrogen and oxygen atoms in total. The van der Waals surface area contributed by atoms with Gasteiger partial charge in [0.15, 0.2) is 0 Å². The smallest absolute Gasteiger partial charge is 0.306 e. The molecule has 4 rings (SSSR count). The third-order valence-electron chi connectivity index (χ3n) is 6.48. The van der Waals surface area contributed by atoms with Crippen molar-refractivity contribution < 1.29 is 9.53 Å². The lowest BCUT2D eigenvalue weighted by atomic mass is 9.49. The van der Waals surface area contributed by atoms with E-state index >= 15 is 0 Å². The van der Waals surface area contributed by atoms with E-state index in [2.05, 4.69) is 15.9 Å². The number of esters is 1. The second-order valence-corrected chi connectivity index (χ2v) is 9.42. The Bertz CT molecular complexity index is 358. The van der Waals surface area contributed by atoms with Gasteiger partial charge < -0.3 is 4.74 Å². The first-order chi connectivity index (χ1) is 11.2. The Morgan fingerprint density at radius 1 is 0.870 bits per heavy atom. The molecule has 132 valence electrons. The van der Waals surface area contributed by atoms with Crippen molar-refractivity contribution >= 4 is 21.9 Å². The molecule has 0 N–H and O–H groups in total. The monoisotopic (exact) mass is 384 g/mol. The fourth-order valence-corrected chi connectivity index (χ4v) is 6.35. The molecule has 0 aliphatic heterocycles. The standard InChI is InChI=1S/C20H33BrO2/c21-7-5-3-1-2-4-6-8-23-19(22)15-20-12-16-9-17(13-20)11-18(10-16)14-20/h16-18H,1-15H2. The molecule has 0 radical (unpaired) electrons. The highest BCUT2D eigenvalue weighted by atomic mass is 79.9. The van der Waals surface area contributed by atoms with Gasteiger partial charge in [-0.25, -0.2) is 0 Å². The Morgan fingerprint density at radius 2 is 1.39 bits per heavy atom. The van der Waals surface area contributed by atoms with E-state index in [1.54, 1.807) is 0 Å². The Morgan fingerprint density at radius 3 is 1.96 bits per heavy atom. The number of carbonyl (C=O) groups excluding carboxylic acids is 1. The van der Waals surface area contributed by atoms with E-state index < -0.39 is 0 Å². The third kappa shape index (κ3) is 4.96. The molecular weight excluding hydrogens is 352 g/mol. The van der Waals surface area contributed by atoms with Gasteiger partial charge in [0.25, 0.3) is 0 Å². The summed E-state index contributed by atoms with van der Waals surface area (Å²) in [6.07, 6.45) is 16.4. The molecule has 0 heterocycles. The number of carbonyl (C=O) groups is 1. The van der Waals surface area contributed by atoms with Gasteiger partial charge in [0, 0.05) is 5.33 Å². The minimum atomic E-state index is 0.0891. The molecule has 4 bridgehead atoms. The summed E-state index contributed by atoms with van der Waals surface area (Å²) >= 11 is 3.47. The summed E-state index contributed by atoms with van der Waals surface area (Å²) in [7, 11) is 0. The van der Waals surface area contributed by atoms with Crippen LogP contribution in [-0.4, -0.2) is 17.9 Å². The van der Waals surface area contributed by atoms with Crippen LogP contribution < -0.4 is 0 Å². The van der Waals surface area contributed by atoms with Crippen molar-refractivity contribution in [2.75, 3.05) is 11.9 Å². The van der Waals surface area contributed by atoms with Crippen LogP contribution in [0.2, 0.25) is 0 Å². The minimum absolute atomic E-state index is 0.0891. The van der Waals surface area contributed by atoms with Gasteiger partial charge in [0.1, 0.15) is 0 Å². The van der Waals surface area contributed by atoms with Crippen LogP contribution >= 0.6 is 15.9 Å². The van der Waals surface area contributed by atoms with Crippen molar-refractivity contribution in [3.05, 3.63) is 0 Å². The van der Waals surface area contributed by atoms with Crippen LogP contribution in [-0.2, 0) is 9.53 Å². The molecule has 0 aromatic heterocycles. The van der Waals surface area contributed by atoms with Crippen LogP contribution in [0, 0.1) is 23.2 Å². The third-order valence-corrected chi connectivity index (χ3v) is 7.04. The van der Waals surface area contributed by atoms with Crippen LogP contribution in [0.4, 0.5) is 0 Å². The van der Waals surface area contributed by atoms with E-state index in [1.807, 2.05) is 0 Å². The summed E-state index contributed by atoms with van der Waals surface area (Å²) in [5, 5.41) is 1.12. The summed E-state index contributed by atoms with van der Waals surface area (Å²) < 4.78 is 5.56. The van der Waals surface area contributed by atoms with Crippen LogP contribution in [0.25, 0.3) is 0 Å². The van der Waals surface area contributed by atoms with E-state index in [1.165, 1.54) is 70.6 Å². The predicted octanol–water partition coefficient (Wildman–Crippen LogP) is 5.87. The maximum atomic E-state index is 12.3. The highest BCUT2D eigenvalue weighted by molar-refractivity contribution is 9.09. The normalized spacial score (nSPS) is 34.7. The lowest BCUT2D eigenvalue weighted by Gasteiger charge is -2.56. The number of rotatable bonds is 10. The molecular formula is C20H33BrO2. The molecule has 4 aliphatic carbocycles. The molecule has 0 aromatic carbocycles. The molecule has 4 aliphatic rings. The quantitative estimate of drug-likeness (QED) is 0.267. The van der Waals surface area contributed by atoms with E-state index in [0.29, 0.717) is 18.4 Å². The summed E-state index contributed by atoms with van der Waals surface area (Å²) in [4.78, 5) is 12.3. The van der Waals surface area contributed by atoms with Crippen LogP contribution in [0.1, 0.15) is 83.5 Å². The maximum absolute atomic E-state index is 12.3. The number of hydrogen-bond acceptors (Lipinski definition) is 2. The molecule has 0 amide bonds. The number of halogens is 1. The lowest BCUT2D eigenvalue weighted by molar-refractivity contribution is -0.152. The van der Waals surface area contributed by atoms with E-state index in [0.717, 1.165) is 29.5 Å². The maximum Gasteiger partial charge on any atom is 0.306 e. The molecule has 0 saturated heterocycles. The van der Waals surface area contributed by atoms with Crippen molar-refractivity contribution in [3.63, 3.8) is 0 Å². The fraction of sp³-hybridized carbons (Fsp3) is 0.950. The average Bonchev–Trinajstić information content (AvgIpc) is 2.48. The minimum Gasteiger partial charge on any atom is -0.466 e. The van der Waals surface area contributed by atoms with Crippen molar-refractivity contribution in [1.29, 1.82) is 0 Å². The molecule has 0 atom stereocenters. The number of hydrogen-bond donors (Lipinski definition) is 0. The van der Waals surface area contributed by atoms with Gasteiger partial charge in [-0.05, 0) is 74.5 Å². The van der Waals surface area contributed by atoms with Gasteiger partial charge >= 0.3 is 5.97 Å². The van der Waals surface area contributed by atoms with E-state index in [9.17, 15) is 4.79 Å². The zero-order valence-electron chi connectivity index (χ0n) is 14.5. The first-order valence-corrected chi connectivity index (χ1v) is 11.0. The van der Waals surface area contributed by atoms with E-state index in [4.69, 9.17) is 4.74 Å². The number of ether oxygens (including phenoxy) is 1. The molecule has 23 heavy (non-hydrogen) atoms. The van der Waals surface area contributed by atoms with Gasteiger partial charge in [-0.1, -0.05) is 41.6 Å². The van der Waals surface area contributed by atoms with Crippen LogP contribution in [0.3, 0.4) is 0 Å². The highest BCUT2D eigenvalue weighted by Gasteiger charge is 2.51. The van der Waals surface area contributed by atoms with Gasteiger partial charge in [-0.2, -0.15) is 0 Å². The highest BCUT2D eigenvalue weighted by Crippen LogP contribution is 2.61. The Kier molecular flexibility index (Phi) is 6.46. The summed E-state index contributed by atoms with van der Waals surface area (Å²) in [5.41, 5.74) is 0.335. The molecule has 4 saturated carbocycles. The second kappa shape index (κ2) is 8.36. The van der Waals surface area contributed by atoms with Crippen molar-refractivity contribution in [2.24, 2.45) is 23.2 Å². The zero-order valence-corrected chi connectivity index (χ0v) is 16.1. The van der Waals surface area contributed by atoms with Crippen LogP contribution in [0.5, 0.6) is 0 Å². The Labute approximate surface area is 150 Å². The van der Waals surface area contributed by atoms with Gasteiger partial charge in [-0.15, -0.1) is 0 Å². The van der Waals surface area contributed by atoms with Gasteiger partial charge in [0.05, 0.1) is 13.0 Å². The van der Waals surface area contributed by atoms with Crippen molar-refractivity contribution in [3.8, 4) is 0 Å².